The second-order valence-electron chi connectivity index (χ2n) is 13.9. The first-order valence-electron chi connectivity index (χ1n) is 17.5. The molecule has 2 atom stereocenters. The number of hydrogen-bond acceptors (Lipinski definition) is 4. The van der Waals surface area contributed by atoms with Crippen LogP contribution in [0.3, 0.4) is 0 Å². The maximum absolute atomic E-state index is 15.5. The Morgan fingerprint density at radius 2 is 0.712 bits per heavy atom. The van der Waals surface area contributed by atoms with Crippen molar-refractivity contribution < 1.29 is 18.7 Å². The van der Waals surface area contributed by atoms with E-state index in [0.717, 1.165) is 55.6 Å². The van der Waals surface area contributed by atoms with Gasteiger partial charge in [-0.3, -0.25) is 9.59 Å². The van der Waals surface area contributed by atoms with E-state index >= 15 is 9.13 Å². The smallest absolute Gasteiger partial charge is 0.226 e. The third-order valence-corrected chi connectivity index (χ3v) is 15.5. The second-order valence-corrected chi connectivity index (χ2v) is 19.4. The molecule has 6 aromatic carbocycles. The maximum atomic E-state index is 15.5. The molecule has 0 aliphatic heterocycles. The van der Waals surface area contributed by atoms with Gasteiger partial charge in [0.05, 0.1) is 0 Å². The summed E-state index contributed by atoms with van der Waals surface area (Å²) >= 11 is 0. The molecule has 0 amide bonds. The predicted molar refractivity (Wildman–Crippen MR) is 217 cm³/mol. The first-order valence-corrected chi connectivity index (χ1v) is 21.3. The van der Waals surface area contributed by atoms with Crippen LogP contribution in [0, 0.1) is 41.5 Å². The van der Waals surface area contributed by atoms with Gasteiger partial charge in [-0.05, 0) is 86.1 Å². The van der Waals surface area contributed by atoms with Gasteiger partial charge < -0.3 is 9.13 Å². The fourth-order valence-electron chi connectivity index (χ4n) is 7.62. The van der Waals surface area contributed by atoms with Crippen molar-refractivity contribution >= 4 is 35.9 Å². The van der Waals surface area contributed by atoms with Gasteiger partial charge in [-0.1, -0.05) is 145 Å². The summed E-state index contributed by atoms with van der Waals surface area (Å²) in [7, 11) is -7.49. The standard InChI is InChI=1S/C46H44O4P2/c1-31-25-33(3)43(34(4)26-31)45(47)51(49,39-19-9-7-10-20-39)29-37-17-13-15-23-41(37)42-24-16-14-18-38(42)30-52(50,40-21-11-8-12-22-40)46(48)44-35(5)27-32(2)28-36(44)6/h7-28H,29-30H2,1-6H3. The molecule has 0 N–H and O–H groups in total. The van der Waals surface area contributed by atoms with Crippen LogP contribution in [0.2, 0.25) is 0 Å². The number of benzene rings is 6. The summed E-state index contributed by atoms with van der Waals surface area (Å²) < 4.78 is 30.9. The lowest BCUT2D eigenvalue weighted by molar-refractivity contribution is 0.106. The van der Waals surface area contributed by atoms with Crippen LogP contribution >= 0.6 is 14.3 Å². The molecular weight excluding hydrogens is 678 g/mol. The maximum Gasteiger partial charge on any atom is 0.226 e. The van der Waals surface area contributed by atoms with Crippen molar-refractivity contribution in [1.29, 1.82) is 0 Å². The molecule has 0 aromatic heterocycles. The number of rotatable bonds is 11. The van der Waals surface area contributed by atoms with E-state index in [1.54, 1.807) is 24.3 Å². The van der Waals surface area contributed by atoms with Crippen molar-refractivity contribution in [3.63, 3.8) is 0 Å². The Labute approximate surface area is 307 Å². The molecule has 0 saturated heterocycles. The minimum absolute atomic E-state index is 0.00411. The van der Waals surface area contributed by atoms with E-state index in [1.165, 1.54) is 0 Å². The molecule has 4 nitrogen and oxygen atoms in total. The van der Waals surface area contributed by atoms with E-state index in [9.17, 15) is 9.59 Å². The van der Waals surface area contributed by atoms with Crippen LogP contribution in [0.4, 0.5) is 0 Å². The molecule has 0 heterocycles. The summed E-state index contributed by atoms with van der Waals surface area (Å²) in [6, 6.07) is 41.4. The largest absolute Gasteiger partial charge is 0.310 e. The molecule has 0 aliphatic carbocycles. The Morgan fingerprint density at radius 1 is 0.423 bits per heavy atom. The summed E-state index contributed by atoms with van der Waals surface area (Å²) in [5, 5.41) is 1.01. The molecule has 0 bridgehead atoms. The van der Waals surface area contributed by atoms with Crippen molar-refractivity contribution in [2.45, 2.75) is 53.9 Å². The molecule has 0 saturated carbocycles. The van der Waals surface area contributed by atoms with Gasteiger partial charge >= 0.3 is 0 Å². The van der Waals surface area contributed by atoms with Crippen LogP contribution in [-0.4, -0.2) is 11.0 Å². The van der Waals surface area contributed by atoms with Gasteiger partial charge in [0.15, 0.2) is 14.3 Å². The minimum Gasteiger partial charge on any atom is -0.310 e. The molecule has 6 aromatic rings. The Hall–Kier alpha value is -4.88. The number of hydrogen-bond donors (Lipinski definition) is 0. The molecule has 0 fully saturated rings. The summed E-state index contributed by atoms with van der Waals surface area (Å²) in [5.74, 6) is 0. The first kappa shape index (κ1) is 36.9. The van der Waals surface area contributed by atoms with E-state index in [0.29, 0.717) is 21.7 Å². The highest BCUT2D eigenvalue weighted by Gasteiger charge is 2.39. The Morgan fingerprint density at radius 3 is 1.04 bits per heavy atom. The molecular formula is C46H44O4P2. The van der Waals surface area contributed by atoms with Gasteiger partial charge in [-0.15, -0.1) is 0 Å². The predicted octanol–water partition coefficient (Wildman–Crippen LogP) is 11.3. The van der Waals surface area contributed by atoms with E-state index < -0.39 is 14.3 Å². The first-order chi connectivity index (χ1) is 24.8. The SMILES string of the molecule is Cc1cc(C)c(C(=O)P(=O)(Cc2ccccc2-c2ccccc2CP(=O)(C(=O)c2c(C)cc(C)cc2C)c2ccccc2)c2ccccc2)c(C)c1. The quantitative estimate of drug-likeness (QED) is 0.125. The van der Waals surface area contributed by atoms with Crippen LogP contribution < -0.4 is 10.6 Å². The fraction of sp³-hybridized carbons (Fsp3) is 0.174. The Bertz CT molecular complexity index is 2190. The lowest BCUT2D eigenvalue weighted by Gasteiger charge is -2.24. The third kappa shape index (κ3) is 7.11. The number of aryl methyl sites for hydroxylation is 6. The second kappa shape index (κ2) is 15.0. The molecule has 0 spiro atoms. The van der Waals surface area contributed by atoms with Crippen LogP contribution in [-0.2, 0) is 21.5 Å². The lowest BCUT2D eigenvalue weighted by Crippen LogP contribution is -2.18. The molecule has 6 heteroatoms. The van der Waals surface area contributed by atoms with Crippen LogP contribution in [0.25, 0.3) is 11.1 Å². The Balaban J connectivity index is 1.49. The van der Waals surface area contributed by atoms with E-state index in [2.05, 4.69) is 0 Å². The highest BCUT2D eigenvalue weighted by atomic mass is 31.2. The highest BCUT2D eigenvalue weighted by molar-refractivity contribution is 7.87. The minimum atomic E-state index is -3.75. The average molecular weight is 723 g/mol. The van der Waals surface area contributed by atoms with Crippen molar-refractivity contribution in [2.75, 3.05) is 0 Å². The van der Waals surface area contributed by atoms with Gasteiger partial charge in [0.2, 0.25) is 11.0 Å². The third-order valence-electron chi connectivity index (χ3n) is 9.90. The van der Waals surface area contributed by atoms with Gasteiger partial charge in [-0.2, -0.15) is 0 Å². The van der Waals surface area contributed by atoms with E-state index in [1.807, 2.05) is 151 Å². The summed E-state index contributed by atoms with van der Waals surface area (Å²) in [5.41, 5.74) is 8.63. The number of carbonyl (C=O) groups excluding carboxylic acids is 2. The lowest BCUT2D eigenvalue weighted by atomic mass is 9.97. The monoisotopic (exact) mass is 722 g/mol. The van der Waals surface area contributed by atoms with Crippen LogP contribution in [0.1, 0.15) is 65.2 Å². The highest BCUT2D eigenvalue weighted by Crippen LogP contribution is 2.55. The van der Waals surface area contributed by atoms with Crippen LogP contribution in [0.5, 0.6) is 0 Å². The van der Waals surface area contributed by atoms with Gasteiger partial charge in [0.25, 0.3) is 0 Å². The molecule has 2 unspecified atom stereocenters. The fourth-order valence-corrected chi connectivity index (χ4v) is 13.0. The van der Waals surface area contributed by atoms with Crippen molar-refractivity contribution in [3.05, 3.63) is 189 Å². The van der Waals surface area contributed by atoms with E-state index in [4.69, 9.17) is 0 Å². The van der Waals surface area contributed by atoms with Crippen molar-refractivity contribution in [2.24, 2.45) is 0 Å². The van der Waals surface area contributed by atoms with Crippen LogP contribution in [0.15, 0.2) is 133 Å². The summed E-state index contributed by atoms with van der Waals surface area (Å²) in [4.78, 5) is 29.3. The summed E-state index contributed by atoms with van der Waals surface area (Å²) in [6.07, 6.45) is 0.00822. The van der Waals surface area contributed by atoms with Gasteiger partial charge in [0, 0.05) is 34.1 Å². The van der Waals surface area contributed by atoms with Gasteiger partial charge in [0.1, 0.15) is 0 Å². The molecule has 6 rings (SSSR count). The Kier molecular flexibility index (Phi) is 10.6. The number of carbonyl (C=O) groups is 2. The molecule has 52 heavy (non-hydrogen) atoms. The van der Waals surface area contributed by atoms with E-state index in [-0.39, 0.29) is 23.4 Å². The summed E-state index contributed by atoms with van der Waals surface area (Å²) in [6.45, 7) is 11.6. The van der Waals surface area contributed by atoms with Gasteiger partial charge in [-0.25, -0.2) is 0 Å². The molecule has 0 radical (unpaired) electrons. The normalized spacial score (nSPS) is 13.6. The molecule has 0 aliphatic rings. The topological polar surface area (TPSA) is 68.3 Å². The zero-order chi connectivity index (χ0) is 37.2. The van der Waals surface area contributed by atoms with Crippen molar-refractivity contribution in [3.8, 4) is 11.1 Å². The zero-order valence-electron chi connectivity index (χ0n) is 30.6. The zero-order valence-corrected chi connectivity index (χ0v) is 32.4. The average Bonchev–Trinajstić information content (AvgIpc) is 3.12. The molecule has 262 valence electrons. The van der Waals surface area contributed by atoms with Crippen molar-refractivity contribution in [1.82, 2.24) is 0 Å².